The SMILES string of the molecule is COc1ccc(/C=C(/C(=O)Nc2ccc(N3CCCC3=O)cc2)c2ccccc2)cc1. The van der Waals surface area contributed by atoms with Crippen LogP contribution in [0.3, 0.4) is 0 Å². The summed E-state index contributed by atoms with van der Waals surface area (Å²) in [5.74, 6) is 0.706. The van der Waals surface area contributed by atoms with Gasteiger partial charge in [0.25, 0.3) is 5.91 Å². The van der Waals surface area contributed by atoms with Crippen molar-refractivity contribution in [2.24, 2.45) is 0 Å². The molecule has 0 spiro atoms. The van der Waals surface area contributed by atoms with E-state index in [-0.39, 0.29) is 11.8 Å². The highest BCUT2D eigenvalue weighted by atomic mass is 16.5. The van der Waals surface area contributed by atoms with Gasteiger partial charge in [-0.1, -0.05) is 42.5 Å². The third-order valence-corrected chi connectivity index (χ3v) is 5.27. The predicted octanol–water partition coefficient (Wildman–Crippen LogP) is 5.00. The van der Waals surface area contributed by atoms with Crippen LogP contribution in [-0.2, 0) is 9.59 Å². The summed E-state index contributed by atoms with van der Waals surface area (Å²) in [7, 11) is 1.62. The van der Waals surface area contributed by atoms with E-state index in [1.54, 1.807) is 12.0 Å². The van der Waals surface area contributed by atoms with E-state index in [9.17, 15) is 9.59 Å². The second kappa shape index (κ2) is 9.30. The van der Waals surface area contributed by atoms with Gasteiger partial charge in [-0.2, -0.15) is 0 Å². The molecule has 3 aromatic rings. The van der Waals surface area contributed by atoms with Crippen molar-refractivity contribution in [3.05, 3.63) is 90.0 Å². The topological polar surface area (TPSA) is 58.6 Å². The first-order valence-electron chi connectivity index (χ1n) is 10.3. The third-order valence-electron chi connectivity index (χ3n) is 5.27. The molecule has 156 valence electrons. The fourth-order valence-electron chi connectivity index (χ4n) is 3.61. The second-order valence-electron chi connectivity index (χ2n) is 7.35. The van der Waals surface area contributed by atoms with Gasteiger partial charge in [0.1, 0.15) is 5.75 Å². The molecule has 0 aromatic heterocycles. The van der Waals surface area contributed by atoms with E-state index >= 15 is 0 Å². The Morgan fingerprint density at radius 2 is 1.68 bits per heavy atom. The lowest BCUT2D eigenvalue weighted by atomic mass is 10.0. The standard InChI is InChI=1S/C26H24N2O3/c1-31-23-15-9-19(10-16-23)18-24(20-6-3-2-4-7-20)26(30)27-21-11-13-22(14-12-21)28-17-5-8-25(28)29/h2-4,6-7,9-16,18H,5,8,17H2,1H3,(H,27,30)/b24-18+. The summed E-state index contributed by atoms with van der Waals surface area (Å²) in [6, 6.07) is 24.5. The van der Waals surface area contributed by atoms with E-state index in [4.69, 9.17) is 4.74 Å². The average Bonchev–Trinajstić information content (AvgIpc) is 3.24. The van der Waals surface area contributed by atoms with Crippen molar-refractivity contribution in [3.63, 3.8) is 0 Å². The van der Waals surface area contributed by atoms with Crippen LogP contribution in [0.2, 0.25) is 0 Å². The lowest BCUT2D eigenvalue weighted by molar-refractivity contribution is -0.117. The number of nitrogens with zero attached hydrogens (tertiary/aromatic N) is 1. The van der Waals surface area contributed by atoms with Crippen LogP contribution < -0.4 is 15.0 Å². The number of carbonyl (C=O) groups excluding carboxylic acids is 2. The smallest absolute Gasteiger partial charge is 0.256 e. The molecular formula is C26H24N2O3. The molecule has 1 N–H and O–H groups in total. The van der Waals surface area contributed by atoms with E-state index in [0.29, 0.717) is 17.7 Å². The fraction of sp³-hybridized carbons (Fsp3) is 0.154. The molecule has 1 saturated heterocycles. The van der Waals surface area contributed by atoms with Gasteiger partial charge in [-0.25, -0.2) is 0 Å². The zero-order valence-electron chi connectivity index (χ0n) is 17.4. The molecular weight excluding hydrogens is 388 g/mol. The summed E-state index contributed by atoms with van der Waals surface area (Å²) in [6.07, 6.45) is 3.34. The number of methoxy groups -OCH3 is 1. The molecule has 2 amide bonds. The molecule has 31 heavy (non-hydrogen) atoms. The van der Waals surface area contributed by atoms with Gasteiger partial charge in [0.05, 0.1) is 7.11 Å². The Labute approximate surface area is 182 Å². The highest BCUT2D eigenvalue weighted by Crippen LogP contribution is 2.25. The monoisotopic (exact) mass is 412 g/mol. The number of ether oxygens (including phenoxy) is 1. The van der Waals surface area contributed by atoms with Gasteiger partial charge in [0, 0.05) is 29.9 Å². The molecule has 1 heterocycles. The van der Waals surface area contributed by atoms with Crippen LogP contribution >= 0.6 is 0 Å². The van der Waals surface area contributed by atoms with E-state index in [0.717, 1.165) is 35.5 Å². The first kappa shape index (κ1) is 20.4. The van der Waals surface area contributed by atoms with Crippen LogP contribution in [0.25, 0.3) is 11.6 Å². The van der Waals surface area contributed by atoms with E-state index in [2.05, 4.69) is 5.32 Å². The lowest BCUT2D eigenvalue weighted by Gasteiger charge is -2.16. The quantitative estimate of drug-likeness (QED) is 0.458. The van der Waals surface area contributed by atoms with Crippen molar-refractivity contribution in [3.8, 4) is 5.75 Å². The number of amides is 2. The Balaban J connectivity index is 1.57. The second-order valence-corrected chi connectivity index (χ2v) is 7.35. The third kappa shape index (κ3) is 4.83. The molecule has 0 atom stereocenters. The van der Waals surface area contributed by atoms with Crippen molar-refractivity contribution < 1.29 is 14.3 Å². The lowest BCUT2D eigenvalue weighted by Crippen LogP contribution is -2.23. The molecule has 1 aliphatic heterocycles. The van der Waals surface area contributed by atoms with Crippen molar-refractivity contribution in [1.82, 2.24) is 0 Å². The first-order chi connectivity index (χ1) is 15.1. The number of benzene rings is 3. The Bertz CT molecular complexity index is 1090. The van der Waals surface area contributed by atoms with E-state index in [1.165, 1.54) is 0 Å². The molecule has 0 aliphatic carbocycles. The van der Waals surface area contributed by atoms with Crippen LogP contribution in [0.4, 0.5) is 11.4 Å². The van der Waals surface area contributed by atoms with Crippen LogP contribution in [0, 0.1) is 0 Å². The van der Waals surface area contributed by atoms with Gasteiger partial charge in [-0.05, 0) is 60.0 Å². The number of nitrogens with one attached hydrogen (secondary N) is 1. The summed E-state index contributed by atoms with van der Waals surface area (Å²) in [4.78, 5) is 26.9. The van der Waals surface area contributed by atoms with Gasteiger partial charge in [0.2, 0.25) is 5.91 Å². The fourth-order valence-corrected chi connectivity index (χ4v) is 3.61. The molecule has 0 saturated carbocycles. The number of anilines is 2. The molecule has 3 aromatic carbocycles. The number of carbonyl (C=O) groups is 2. The van der Waals surface area contributed by atoms with Crippen LogP contribution in [0.5, 0.6) is 5.75 Å². The van der Waals surface area contributed by atoms with E-state index in [1.807, 2.05) is 84.9 Å². The molecule has 5 nitrogen and oxygen atoms in total. The predicted molar refractivity (Wildman–Crippen MR) is 124 cm³/mol. The Morgan fingerprint density at radius 3 is 2.29 bits per heavy atom. The number of rotatable bonds is 6. The summed E-state index contributed by atoms with van der Waals surface area (Å²) < 4.78 is 5.21. The molecule has 1 fully saturated rings. The highest BCUT2D eigenvalue weighted by Gasteiger charge is 2.21. The Morgan fingerprint density at radius 1 is 0.968 bits per heavy atom. The van der Waals surface area contributed by atoms with Crippen LogP contribution in [0.1, 0.15) is 24.0 Å². The van der Waals surface area contributed by atoms with Gasteiger partial charge < -0.3 is 15.0 Å². The number of hydrogen-bond acceptors (Lipinski definition) is 3. The van der Waals surface area contributed by atoms with Gasteiger partial charge in [-0.3, -0.25) is 9.59 Å². The Kier molecular flexibility index (Phi) is 6.13. The van der Waals surface area contributed by atoms with Crippen molar-refractivity contribution >= 4 is 34.8 Å². The molecule has 4 rings (SSSR count). The minimum atomic E-state index is -0.202. The maximum Gasteiger partial charge on any atom is 0.256 e. The molecule has 0 radical (unpaired) electrons. The maximum atomic E-state index is 13.2. The van der Waals surface area contributed by atoms with Crippen molar-refractivity contribution in [2.45, 2.75) is 12.8 Å². The maximum absolute atomic E-state index is 13.2. The normalized spacial score (nSPS) is 13.9. The van der Waals surface area contributed by atoms with Gasteiger partial charge in [-0.15, -0.1) is 0 Å². The van der Waals surface area contributed by atoms with Gasteiger partial charge in [0.15, 0.2) is 0 Å². The number of hydrogen-bond donors (Lipinski definition) is 1. The van der Waals surface area contributed by atoms with Crippen LogP contribution in [-0.4, -0.2) is 25.5 Å². The minimum absolute atomic E-state index is 0.144. The van der Waals surface area contributed by atoms with E-state index < -0.39 is 0 Å². The zero-order valence-corrected chi connectivity index (χ0v) is 17.4. The first-order valence-corrected chi connectivity index (χ1v) is 10.3. The van der Waals surface area contributed by atoms with Crippen molar-refractivity contribution in [1.29, 1.82) is 0 Å². The summed E-state index contributed by atoms with van der Waals surface area (Å²) in [5.41, 5.74) is 3.83. The summed E-state index contributed by atoms with van der Waals surface area (Å²) in [6.45, 7) is 0.743. The highest BCUT2D eigenvalue weighted by molar-refractivity contribution is 6.29. The molecule has 1 aliphatic rings. The van der Waals surface area contributed by atoms with Crippen molar-refractivity contribution in [2.75, 3.05) is 23.9 Å². The Hall–Kier alpha value is -3.86. The van der Waals surface area contributed by atoms with Gasteiger partial charge >= 0.3 is 0 Å². The molecule has 0 bridgehead atoms. The largest absolute Gasteiger partial charge is 0.497 e. The summed E-state index contributed by atoms with van der Waals surface area (Å²) >= 11 is 0. The molecule has 5 heteroatoms. The zero-order chi connectivity index (χ0) is 21.6. The van der Waals surface area contributed by atoms with Crippen LogP contribution in [0.15, 0.2) is 78.9 Å². The minimum Gasteiger partial charge on any atom is -0.497 e. The average molecular weight is 412 g/mol. The molecule has 0 unspecified atom stereocenters. The summed E-state index contributed by atoms with van der Waals surface area (Å²) in [5, 5.41) is 2.98.